The summed E-state index contributed by atoms with van der Waals surface area (Å²) in [5, 5.41) is 8.92. The van der Waals surface area contributed by atoms with E-state index in [0.29, 0.717) is 23.0 Å². The van der Waals surface area contributed by atoms with Gasteiger partial charge in [0.2, 0.25) is 0 Å². The number of aryl methyl sites for hydroxylation is 1. The zero-order chi connectivity index (χ0) is 16.2. The number of hydrogen-bond acceptors (Lipinski definition) is 3. The summed E-state index contributed by atoms with van der Waals surface area (Å²) in [6.07, 6.45) is 0. The molecule has 0 radical (unpaired) electrons. The van der Waals surface area contributed by atoms with Crippen LogP contribution in [0.4, 0.5) is 8.78 Å². The maximum absolute atomic E-state index is 13.7. The maximum atomic E-state index is 13.7. The molecule has 0 amide bonds. The van der Waals surface area contributed by atoms with Gasteiger partial charge in [0.25, 0.3) is 0 Å². The number of hydrogen-bond donors (Lipinski definition) is 0. The van der Waals surface area contributed by atoms with Crippen LogP contribution in [0.15, 0.2) is 53.7 Å². The Balaban J connectivity index is 1.77. The van der Waals surface area contributed by atoms with Crippen LogP contribution < -0.4 is 0 Å². The number of benzene rings is 2. The average molecular weight is 331 g/mol. The topological polar surface area (TPSA) is 30.7 Å². The molecule has 0 bridgehead atoms. The highest BCUT2D eigenvalue weighted by atomic mass is 32.2. The minimum absolute atomic E-state index is 0.302. The van der Waals surface area contributed by atoms with Crippen molar-refractivity contribution in [2.75, 3.05) is 0 Å². The normalized spacial score (nSPS) is 10.9. The molecular formula is C17H15F2N3S. The van der Waals surface area contributed by atoms with Crippen molar-refractivity contribution < 1.29 is 8.78 Å². The molecular weight excluding hydrogens is 316 g/mol. The van der Waals surface area contributed by atoms with Gasteiger partial charge in [-0.3, -0.25) is 0 Å². The summed E-state index contributed by atoms with van der Waals surface area (Å²) in [6, 6.07) is 14.2. The highest BCUT2D eigenvalue weighted by Gasteiger charge is 2.13. The fourth-order valence-corrected chi connectivity index (χ4v) is 3.18. The van der Waals surface area contributed by atoms with Gasteiger partial charge >= 0.3 is 0 Å². The summed E-state index contributed by atoms with van der Waals surface area (Å²) >= 11 is 1.35. The van der Waals surface area contributed by atoms with Crippen molar-refractivity contribution in [3.63, 3.8) is 0 Å². The molecule has 0 atom stereocenters. The lowest BCUT2D eigenvalue weighted by Crippen LogP contribution is -2.04. The Morgan fingerprint density at radius 3 is 2.57 bits per heavy atom. The molecule has 0 saturated heterocycles. The summed E-state index contributed by atoms with van der Waals surface area (Å²) in [6.45, 7) is 2.52. The first-order valence-corrected chi connectivity index (χ1v) is 8.13. The van der Waals surface area contributed by atoms with Crippen LogP contribution in [0.5, 0.6) is 0 Å². The van der Waals surface area contributed by atoms with E-state index in [1.165, 1.54) is 17.8 Å². The molecule has 3 aromatic rings. The van der Waals surface area contributed by atoms with Gasteiger partial charge in [-0.2, -0.15) is 0 Å². The highest BCUT2D eigenvalue weighted by Crippen LogP contribution is 2.24. The van der Waals surface area contributed by atoms with Crippen LogP contribution in [-0.2, 0) is 12.3 Å². The van der Waals surface area contributed by atoms with E-state index in [1.807, 2.05) is 41.8 Å². The van der Waals surface area contributed by atoms with E-state index in [2.05, 4.69) is 10.2 Å². The fourth-order valence-electron chi connectivity index (χ4n) is 2.22. The first kappa shape index (κ1) is 15.7. The molecule has 1 aromatic heterocycles. The van der Waals surface area contributed by atoms with Gasteiger partial charge in [0.15, 0.2) is 16.8 Å². The van der Waals surface area contributed by atoms with Crippen molar-refractivity contribution in [1.82, 2.24) is 14.8 Å². The summed E-state index contributed by atoms with van der Waals surface area (Å²) in [4.78, 5) is 0. The van der Waals surface area contributed by atoms with Gasteiger partial charge in [0.05, 0.1) is 6.54 Å². The maximum Gasteiger partial charge on any atom is 0.191 e. The van der Waals surface area contributed by atoms with Gasteiger partial charge in [0.1, 0.15) is 5.82 Å². The van der Waals surface area contributed by atoms with Crippen LogP contribution in [0.2, 0.25) is 0 Å². The monoisotopic (exact) mass is 331 g/mol. The van der Waals surface area contributed by atoms with E-state index >= 15 is 0 Å². The van der Waals surface area contributed by atoms with E-state index in [0.717, 1.165) is 17.5 Å². The third-order valence-electron chi connectivity index (χ3n) is 3.47. The van der Waals surface area contributed by atoms with Gasteiger partial charge in [-0.1, -0.05) is 54.2 Å². The largest absolute Gasteiger partial charge is 0.302 e. The van der Waals surface area contributed by atoms with Crippen LogP contribution in [0, 0.1) is 18.6 Å². The van der Waals surface area contributed by atoms with Gasteiger partial charge in [-0.05, 0) is 18.6 Å². The molecule has 1 heterocycles. The second-order valence-electron chi connectivity index (χ2n) is 5.10. The van der Waals surface area contributed by atoms with E-state index in [9.17, 15) is 8.78 Å². The molecule has 0 unspecified atom stereocenters. The predicted molar refractivity (Wildman–Crippen MR) is 86.2 cm³/mol. The Kier molecular flexibility index (Phi) is 4.71. The molecule has 0 aliphatic rings. The molecule has 118 valence electrons. The first-order chi connectivity index (χ1) is 11.1. The zero-order valence-electron chi connectivity index (χ0n) is 12.5. The molecule has 0 aliphatic carbocycles. The second-order valence-corrected chi connectivity index (χ2v) is 6.05. The molecule has 0 N–H and O–H groups in total. The third kappa shape index (κ3) is 3.59. The summed E-state index contributed by atoms with van der Waals surface area (Å²) in [7, 11) is 0. The van der Waals surface area contributed by atoms with E-state index in [-0.39, 0.29) is 0 Å². The van der Waals surface area contributed by atoms with E-state index in [1.54, 1.807) is 6.07 Å². The van der Waals surface area contributed by atoms with Crippen LogP contribution in [0.3, 0.4) is 0 Å². The zero-order valence-corrected chi connectivity index (χ0v) is 13.4. The predicted octanol–water partition coefficient (Wildman–Crippen LogP) is 4.21. The number of halogens is 2. The lowest BCUT2D eigenvalue weighted by Gasteiger charge is -2.09. The van der Waals surface area contributed by atoms with Crippen molar-refractivity contribution >= 4 is 11.8 Å². The van der Waals surface area contributed by atoms with Crippen LogP contribution in [0.25, 0.3) is 0 Å². The summed E-state index contributed by atoms with van der Waals surface area (Å²) in [5.41, 5.74) is 1.45. The molecule has 2 aromatic carbocycles. The minimum atomic E-state index is -0.829. The Bertz CT molecular complexity index is 803. The Morgan fingerprint density at radius 1 is 1.00 bits per heavy atom. The number of thioether (sulfide) groups is 1. The van der Waals surface area contributed by atoms with Gasteiger partial charge in [-0.25, -0.2) is 8.78 Å². The van der Waals surface area contributed by atoms with Crippen molar-refractivity contribution in [3.05, 3.63) is 77.1 Å². The smallest absolute Gasteiger partial charge is 0.191 e. The van der Waals surface area contributed by atoms with Crippen LogP contribution >= 0.6 is 11.8 Å². The van der Waals surface area contributed by atoms with Crippen molar-refractivity contribution in [1.29, 1.82) is 0 Å². The van der Waals surface area contributed by atoms with Crippen molar-refractivity contribution in [3.8, 4) is 0 Å². The summed E-state index contributed by atoms with van der Waals surface area (Å²) < 4.78 is 29.0. The van der Waals surface area contributed by atoms with Crippen LogP contribution in [-0.4, -0.2) is 14.8 Å². The Morgan fingerprint density at radius 2 is 1.78 bits per heavy atom. The lowest BCUT2D eigenvalue weighted by atomic mass is 10.2. The van der Waals surface area contributed by atoms with Gasteiger partial charge < -0.3 is 4.57 Å². The molecule has 23 heavy (non-hydrogen) atoms. The van der Waals surface area contributed by atoms with Gasteiger partial charge in [-0.15, -0.1) is 10.2 Å². The standard InChI is InChI=1S/C17H15F2N3S/c1-12-20-21-17(22(12)10-13-6-3-2-4-7-13)23-11-14-8-5-9-15(18)16(14)19/h2-9H,10-11H2,1H3. The second kappa shape index (κ2) is 6.91. The molecule has 0 aliphatic heterocycles. The van der Waals surface area contributed by atoms with E-state index in [4.69, 9.17) is 0 Å². The lowest BCUT2D eigenvalue weighted by molar-refractivity contribution is 0.502. The number of rotatable bonds is 5. The average Bonchev–Trinajstić information content (AvgIpc) is 2.90. The summed E-state index contributed by atoms with van der Waals surface area (Å²) in [5.74, 6) is -0.539. The molecule has 0 saturated carbocycles. The molecule has 3 nitrogen and oxygen atoms in total. The van der Waals surface area contributed by atoms with Crippen molar-refractivity contribution in [2.24, 2.45) is 0 Å². The number of aromatic nitrogens is 3. The SMILES string of the molecule is Cc1nnc(SCc2cccc(F)c2F)n1Cc1ccccc1. The molecule has 6 heteroatoms. The first-order valence-electron chi connectivity index (χ1n) is 7.14. The van der Waals surface area contributed by atoms with Crippen molar-refractivity contribution in [2.45, 2.75) is 24.4 Å². The molecule has 0 fully saturated rings. The number of nitrogens with zero attached hydrogens (tertiary/aromatic N) is 3. The molecule has 0 spiro atoms. The quantitative estimate of drug-likeness (QED) is 0.656. The Labute approximate surface area is 137 Å². The Hall–Kier alpha value is -2.21. The van der Waals surface area contributed by atoms with Crippen LogP contribution in [0.1, 0.15) is 17.0 Å². The third-order valence-corrected chi connectivity index (χ3v) is 4.49. The van der Waals surface area contributed by atoms with Gasteiger partial charge in [0, 0.05) is 11.3 Å². The highest BCUT2D eigenvalue weighted by molar-refractivity contribution is 7.98. The molecule has 3 rings (SSSR count). The van der Waals surface area contributed by atoms with E-state index < -0.39 is 11.6 Å². The minimum Gasteiger partial charge on any atom is -0.302 e. The fraction of sp³-hybridized carbons (Fsp3) is 0.176.